The molecular weight excluding hydrogens is 312 g/mol. The maximum atomic E-state index is 3.59. The number of nitrogens with zero attached hydrogens (tertiary/aromatic N) is 1. The van der Waals surface area contributed by atoms with Gasteiger partial charge in [0.25, 0.3) is 0 Å². The molecule has 1 atom stereocenters. The fraction of sp³-hybridized carbons (Fsp3) is 0.647. The zero-order valence-electron chi connectivity index (χ0n) is 12.4. The van der Waals surface area contributed by atoms with Gasteiger partial charge in [0.15, 0.2) is 0 Å². The van der Waals surface area contributed by atoms with E-state index < -0.39 is 0 Å². The van der Waals surface area contributed by atoms with Gasteiger partial charge in [0.1, 0.15) is 0 Å². The largest absolute Gasteiger partial charge is 0.319 e. The monoisotopic (exact) mass is 336 g/mol. The predicted molar refractivity (Wildman–Crippen MR) is 88.2 cm³/mol. The molecule has 1 aliphatic heterocycles. The van der Waals surface area contributed by atoms with Gasteiger partial charge in [-0.25, -0.2) is 0 Å². The highest BCUT2D eigenvalue weighted by atomic mass is 79.9. The Hall–Kier alpha value is -0.380. The number of hydrogen-bond donors (Lipinski definition) is 1. The molecule has 3 heteroatoms. The number of piperidine rings is 1. The van der Waals surface area contributed by atoms with E-state index in [-0.39, 0.29) is 0 Å². The van der Waals surface area contributed by atoms with Crippen LogP contribution >= 0.6 is 15.9 Å². The SMILES string of the molecule is CNCC1CCN(C2CCc3cc(Br)ccc3C2)CC1. The van der Waals surface area contributed by atoms with E-state index >= 15 is 0 Å². The van der Waals surface area contributed by atoms with Crippen molar-refractivity contribution in [2.24, 2.45) is 5.92 Å². The Morgan fingerprint density at radius 1 is 1.20 bits per heavy atom. The molecule has 0 radical (unpaired) electrons. The van der Waals surface area contributed by atoms with E-state index in [1.165, 1.54) is 56.2 Å². The van der Waals surface area contributed by atoms with Crippen molar-refractivity contribution in [2.45, 2.75) is 38.1 Å². The first-order valence-electron chi connectivity index (χ1n) is 7.92. The number of halogens is 1. The first kappa shape index (κ1) is 14.6. The van der Waals surface area contributed by atoms with Crippen molar-refractivity contribution in [2.75, 3.05) is 26.7 Å². The Bertz CT molecular complexity index is 452. The van der Waals surface area contributed by atoms with Crippen LogP contribution in [0.4, 0.5) is 0 Å². The minimum atomic E-state index is 0.777. The van der Waals surface area contributed by atoms with Gasteiger partial charge in [-0.1, -0.05) is 22.0 Å². The molecule has 1 aromatic carbocycles. The molecule has 110 valence electrons. The van der Waals surface area contributed by atoms with Crippen molar-refractivity contribution in [1.29, 1.82) is 0 Å². The third kappa shape index (κ3) is 3.26. The molecule has 2 nitrogen and oxygen atoms in total. The molecule has 0 aromatic heterocycles. The van der Waals surface area contributed by atoms with Crippen LogP contribution in [0.5, 0.6) is 0 Å². The van der Waals surface area contributed by atoms with Crippen molar-refractivity contribution >= 4 is 15.9 Å². The topological polar surface area (TPSA) is 15.3 Å². The quantitative estimate of drug-likeness (QED) is 0.911. The summed E-state index contributed by atoms with van der Waals surface area (Å²) in [6, 6.07) is 7.60. The number of nitrogens with one attached hydrogen (secondary N) is 1. The summed E-state index contributed by atoms with van der Waals surface area (Å²) in [4.78, 5) is 2.75. The molecule has 0 amide bonds. The van der Waals surface area contributed by atoms with Crippen molar-refractivity contribution in [1.82, 2.24) is 10.2 Å². The maximum absolute atomic E-state index is 3.59. The summed E-state index contributed by atoms with van der Waals surface area (Å²) in [5, 5.41) is 3.33. The maximum Gasteiger partial charge on any atom is 0.0178 e. The highest BCUT2D eigenvalue weighted by Crippen LogP contribution is 2.29. The third-order valence-electron chi connectivity index (χ3n) is 5.03. The first-order chi connectivity index (χ1) is 9.76. The molecule has 0 saturated carbocycles. The molecule has 1 fully saturated rings. The fourth-order valence-electron chi connectivity index (χ4n) is 3.83. The third-order valence-corrected chi connectivity index (χ3v) is 5.52. The average Bonchev–Trinajstić information content (AvgIpc) is 2.48. The molecule has 0 spiro atoms. The van der Waals surface area contributed by atoms with Gasteiger partial charge in [0, 0.05) is 10.5 Å². The summed E-state index contributed by atoms with van der Waals surface area (Å²) >= 11 is 3.59. The molecule has 1 unspecified atom stereocenters. The van der Waals surface area contributed by atoms with Crippen LogP contribution in [0.2, 0.25) is 0 Å². The number of likely N-dealkylation sites (tertiary alicyclic amines) is 1. The minimum Gasteiger partial charge on any atom is -0.319 e. The summed E-state index contributed by atoms with van der Waals surface area (Å²) in [7, 11) is 2.07. The lowest BCUT2D eigenvalue weighted by Gasteiger charge is -2.39. The highest BCUT2D eigenvalue weighted by Gasteiger charge is 2.27. The Morgan fingerprint density at radius 3 is 2.75 bits per heavy atom. The Morgan fingerprint density at radius 2 is 2.00 bits per heavy atom. The van der Waals surface area contributed by atoms with Crippen molar-refractivity contribution in [3.63, 3.8) is 0 Å². The van der Waals surface area contributed by atoms with E-state index in [2.05, 4.69) is 51.4 Å². The fourth-order valence-corrected chi connectivity index (χ4v) is 4.24. The van der Waals surface area contributed by atoms with Gasteiger partial charge in [-0.15, -0.1) is 0 Å². The van der Waals surface area contributed by atoms with Crippen LogP contribution in [0.15, 0.2) is 22.7 Å². The number of aryl methyl sites for hydroxylation is 1. The molecule has 0 bridgehead atoms. The molecule has 3 rings (SSSR count). The van der Waals surface area contributed by atoms with Gasteiger partial charge in [0.05, 0.1) is 0 Å². The van der Waals surface area contributed by atoms with Gasteiger partial charge >= 0.3 is 0 Å². The Kier molecular flexibility index (Phi) is 4.79. The van der Waals surface area contributed by atoms with E-state index in [9.17, 15) is 0 Å². The van der Waals surface area contributed by atoms with Crippen LogP contribution in [-0.4, -0.2) is 37.6 Å². The standard InChI is InChI=1S/C17H25BrN2/c1-19-12-13-6-8-20(9-7-13)17-5-3-14-10-16(18)4-2-15(14)11-17/h2,4,10,13,17,19H,3,5-9,11-12H2,1H3. The van der Waals surface area contributed by atoms with Crippen LogP contribution < -0.4 is 5.32 Å². The van der Waals surface area contributed by atoms with Crippen LogP contribution in [0.1, 0.15) is 30.4 Å². The van der Waals surface area contributed by atoms with Gasteiger partial charge in [0.2, 0.25) is 0 Å². The first-order valence-corrected chi connectivity index (χ1v) is 8.71. The summed E-state index contributed by atoms with van der Waals surface area (Å²) in [5.74, 6) is 0.892. The second-order valence-corrected chi connectivity index (χ2v) is 7.26. The van der Waals surface area contributed by atoms with E-state index in [0.29, 0.717) is 0 Å². The lowest BCUT2D eigenvalue weighted by atomic mass is 9.86. The van der Waals surface area contributed by atoms with E-state index in [1.807, 2.05) is 0 Å². The summed E-state index contributed by atoms with van der Waals surface area (Å²) in [6.45, 7) is 3.78. The zero-order chi connectivity index (χ0) is 13.9. The molecule has 1 heterocycles. The smallest absolute Gasteiger partial charge is 0.0178 e. The Labute approximate surface area is 131 Å². The summed E-state index contributed by atoms with van der Waals surface area (Å²) in [5.41, 5.74) is 3.13. The number of benzene rings is 1. The number of hydrogen-bond acceptors (Lipinski definition) is 2. The van der Waals surface area contributed by atoms with E-state index in [4.69, 9.17) is 0 Å². The average molecular weight is 337 g/mol. The Balaban J connectivity index is 1.59. The van der Waals surface area contributed by atoms with Crippen LogP contribution in [-0.2, 0) is 12.8 Å². The summed E-state index contributed by atoms with van der Waals surface area (Å²) < 4.78 is 1.22. The van der Waals surface area contributed by atoms with E-state index in [1.54, 1.807) is 11.1 Å². The molecule has 1 aromatic rings. The highest BCUT2D eigenvalue weighted by molar-refractivity contribution is 9.10. The molecule has 20 heavy (non-hydrogen) atoms. The van der Waals surface area contributed by atoms with Crippen LogP contribution in [0.25, 0.3) is 0 Å². The second kappa shape index (κ2) is 6.59. The lowest BCUT2D eigenvalue weighted by Crippen LogP contribution is -2.45. The van der Waals surface area contributed by atoms with Gasteiger partial charge in [-0.3, -0.25) is 0 Å². The number of rotatable bonds is 3. The van der Waals surface area contributed by atoms with Crippen molar-refractivity contribution < 1.29 is 0 Å². The van der Waals surface area contributed by atoms with Gasteiger partial charge in [-0.05, 0) is 88.0 Å². The van der Waals surface area contributed by atoms with Crippen molar-refractivity contribution in [3.05, 3.63) is 33.8 Å². The van der Waals surface area contributed by atoms with Gasteiger partial charge in [-0.2, -0.15) is 0 Å². The molecule has 1 saturated heterocycles. The second-order valence-electron chi connectivity index (χ2n) is 6.35. The molecule has 2 aliphatic rings. The molecular formula is C17H25BrN2. The van der Waals surface area contributed by atoms with E-state index in [0.717, 1.165) is 12.0 Å². The van der Waals surface area contributed by atoms with Crippen molar-refractivity contribution in [3.8, 4) is 0 Å². The molecule has 1 N–H and O–H groups in total. The molecule has 1 aliphatic carbocycles. The van der Waals surface area contributed by atoms with Crippen LogP contribution in [0.3, 0.4) is 0 Å². The van der Waals surface area contributed by atoms with Gasteiger partial charge < -0.3 is 10.2 Å². The number of fused-ring (bicyclic) bond motifs is 1. The normalized spacial score (nSPS) is 24.6. The zero-order valence-corrected chi connectivity index (χ0v) is 14.0. The minimum absolute atomic E-state index is 0.777. The summed E-state index contributed by atoms with van der Waals surface area (Å²) in [6.07, 6.45) is 6.56. The predicted octanol–water partition coefficient (Wildman–Crippen LogP) is 3.24. The lowest BCUT2D eigenvalue weighted by molar-refractivity contribution is 0.122. The van der Waals surface area contributed by atoms with Crippen LogP contribution in [0, 0.1) is 5.92 Å².